The van der Waals surface area contributed by atoms with E-state index < -0.39 is 6.04 Å². The van der Waals surface area contributed by atoms with Gasteiger partial charge in [-0.05, 0) is 42.2 Å². The van der Waals surface area contributed by atoms with Gasteiger partial charge in [-0.25, -0.2) is 4.68 Å². The van der Waals surface area contributed by atoms with E-state index in [0.29, 0.717) is 31.6 Å². The fraction of sp³-hybridized carbons (Fsp3) is 0.286. The first-order valence-corrected chi connectivity index (χ1v) is 12.0. The molecule has 3 aromatic carbocycles. The third-order valence-electron chi connectivity index (χ3n) is 6.16. The lowest BCUT2D eigenvalue weighted by Crippen LogP contribution is -2.46. The highest BCUT2D eigenvalue weighted by Crippen LogP contribution is 2.26. The number of aryl methyl sites for hydroxylation is 1. The lowest BCUT2D eigenvalue weighted by molar-refractivity contribution is -0.141. The molecule has 8 heteroatoms. The second-order valence-corrected chi connectivity index (χ2v) is 8.60. The Hall–Kier alpha value is -4.04. The highest BCUT2D eigenvalue weighted by atomic mass is 16.5. The van der Waals surface area contributed by atoms with Gasteiger partial charge in [0.1, 0.15) is 18.1 Å². The minimum absolute atomic E-state index is 0.0248. The molecule has 1 atom stereocenters. The van der Waals surface area contributed by atoms with Crippen LogP contribution in [0.3, 0.4) is 0 Å². The van der Waals surface area contributed by atoms with Crippen LogP contribution in [0, 0.1) is 6.92 Å². The number of carbonyl (C=O) groups excluding carboxylic acids is 2. The van der Waals surface area contributed by atoms with Crippen LogP contribution in [-0.2, 0) is 27.3 Å². The van der Waals surface area contributed by atoms with Crippen molar-refractivity contribution in [2.24, 2.45) is 0 Å². The Bertz CT molecular complexity index is 1300. The maximum absolute atomic E-state index is 13.9. The maximum atomic E-state index is 13.9. The van der Waals surface area contributed by atoms with E-state index in [1.54, 1.807) is 16.7 Å². The summed E-state index contributed by atoms with van der Waals surface area (Å²) in [4.78, 5) is 29.1. The fourth-order valence-corrected chi connectivity index (χ4v) is 4.26. The molecule has 0 fully saturated rings. The number of methoxy groups -OCH3 is 1. The van der Waals surface area contributed by atoms with Gasteiger partial charge in [0, 0.05) is 20.2 Å². The molecule has 0 saturated carbocycles. The number of amides is 2. The number of ether oxygens (including phenoxy) is 1. The van der Waals surface area contributed by atoms with Crippen LogP contribution in [0.1, 0.15) is 22.7 Å². The molecule has 0 aliphatic carbocycles. The number of hydrogen-bond acceptors (Lipinski definition) is 5. The molecule has 4 aromatic rings. The molecule has 186 valence electrons. The predicted molar refractivity (Wildman–Crippen MR) is 138 cm³/mol. The number of nitrogens with one attached hydrogen (secondary N) is 1. The summed E-state index contributed by atoms with van der Waals surface area (Å²) in [5.41, 5.74) is 4.30. The molecular formula is C28H31N5O3. The number of nitrogens with zero attached hydrogens (tertiary/aromatic N) is 4. The highest BCUT2D eigenvalue weighted by Gasteiger charge is 2.32. The number of fused-ring (bicyclic) bond motifs is 1. The molecule has 0 aliphatic heterocycles. The number of para-hydroxylation sites is 1. The minimum Gasteiger partial charge on any atom is -0.383 e. The van der Waals surface area contributed by atoms with Crippen molar-refractivity contribution < 1.29 is 14.3 Å². The normalized spacial score (nSPS) is 11.8. The minimum atomic E-state index is -0.797. The van der Waals surface area contributed by atoms with Crippen LogP contribution in [0.4, 0.5) is 0 Å². The average molecular weight is 486 g/mol. The standard InChI is InChI=1S/C28H31N5O3/c1-21-10-6-7-13-23(21)27(28(35)29-17-19-36-2)32(18-16-22-11-4-3-5-12-22)26(34)20-33-25-15-9-8-14-24(25)30-31-33/h3-15,27H,16-20H2,1-2H3,(H,29,35). The lowest BCUT2D eigenvalue weighted by Gasteiger charge is -2.32. The summed E-state index contributed by atoms with van der Waals surface area (Å²) >= 11 is 0. The molecule has 0 aliphatic rings. The number of aromatic nitrogens is 3. The van der Waals surface area contributed by atoms with Gasteiger partial charge in [0.15, 0.2) is 0 Å². The van der Waals surface area contributed by atoms with Crippen LogP contribution in [0.25, 0.3) is 11.0 Å². The first kappa shape index (κ1) is 25.1. The molecule has 0 saturated heterocycles. The van der Waals surface area contributed by atoms with Crippen LogP contribution in [0.5, 0.6) is 0 Å². The molecule has 0 spiro atoms. The van der Waals surface area contributed by atoms with Gasteiger partial charge in [-0.2, -0.15) is 0 Å². The van der Waals surface area contributed by atoms with E-state index in [0.717, 1.165) is 22.2 Å². The molecule has 4 rings (SSSR count). The Morgan fingerprint density at radius 2 is 1.72 bits per heavy atom. The fourth-order valence-electron chi connectivity index (χ4n) is 4.26. The molecule has 0 radical (unpaired) electrons. The highest BCUT2D eigenvalue weighted by molar-refractivity contribution is 5.89. The van der Waals surface area contributed by atoms with Crippen molar-refractivity contribution in [1.82, 2.24) is 25.2 Å². The van der Waals surface area contributed by atoms with E-state index in [1.165, 1.54) is 0 Å². The SMILES string of the molecule is COCCNC(=O)C(c1ccccc1C)N(CCc1ccccc1)C(=O)Cn1nnc2ccccc21. The lowest BCUT2D eigenvalue weighted by atomic mass is 9.98. The van der Waals surface area contributed by atoms with Crippen LogP contribution >= 0.6 is 0 Å². The number of rotatable bonds is 11. The Kier molecular flexibility index (Phi) is 8.41. The van der Waals surface area contributed by atoms with Crippen molar-refractivity contribution in [3.63, 3.8) is 0 Å². The molecule has 2 amide bonds. The van der Waals surface area contributed by atoms with Gasteiger partial charge in [-0.1, -0.05) is 71.9 Å². The summed E-state index contributed by atoms with van der Waals surface area (Å²) in [6.45, 7) is 3.03. The Morgan fingerprint density at radius 1 is 1.00 bits per heavy atom. The van der Waals surface area contributed by atoms with E-state index in [1.807, 2.05) is 85.8 Å². The number of benzene rings is 3. The van der Waals surface area contributed by atoms with Crippen molar-refractivity contribution in [1.29, 1.82) is 0 Å². The largest absolute Gasteiger partial charge is 0.383 e. The van der Waals surface area contributed by atoms with Crippen molar-refractivity contribution in [2.45, 2.75) is 25.9 Å². The van der Waals surface area contributed by atoms with Crippen molar-refractivity contribution in [2.75, 3.05) is 26.8 Å². The smallest absolute Gasteiger partial charge is 0.247 e. The second kappa shape index (κ2) is 12.1. The zero-order chi connectivity index (χ0) is 25.3. The third kappa shape index (κ3) is 5.95. The number of carbonyl (C=O) groups is 2. The molecule has 36 heavy (non-hydrogen) atoms. The summed E-state index contributed by atoms with van der Waals surface area (Å²) in [7, 11) is 1.59. The number of hydrogen-bond donors (Lipinski definition) is 1. The summed E-state index contributed by atoms with van der Waals surface area (Å²) < 4.78 is 6.70. The molecule has 8 nitrogen and oxygen atoms in total. The van der Waals surface area contributed by atoms with Gasteiger partial charge in [-0.3, -0.25) is 9.59 Å². The monoisotopic (exact) mass is 485 g/mol. The zero-order valence-electron chi connectivity index (χ0n) is 20.6. The van der Waals surface area contributed by atoms with Crippen LogP contribution in [-0.4, -0.2) is 58.5 Å². The van der Waals surface area contributed by atoms with Gasteiger partial charge in [0.05, 0.1) is 12.1 Å². The second-order valence-electron chi connectivity index (χ2n) is 8.60. The summed E-state index contributed by atoms with van der Waals surface area (Å²) in [5, 5.41) is 11.3. The first-order chi connectivity index (χ1) is 17.6. The molecular weight excluding hydrogens is 454 g/mol. The zero-order valence-corrected chi connectivity index (χ0v) is 20.6. The van der Waals surface area contributed by atoms with E-state index in [9.17, 15) is 9.59 Å². The Labute approximate surface area is 210 Å². The maximum Gasteiger partial charge on any atom is 0.247 e. The van der Waals surface area contributed by atoms with Crippen LogP contribution in [0.15, 0.2) is 78.9 Å². The first-order valence-electron chi connectivity index (χ1n) is 12.0. The Balaban J connectivity index is 1.69. The van der Waals surface area contributed by atoms with Gasteiger partial charge in [0.2, 0.25) is 11.8 Å². The Morgan fingerprint density at radius 3 is 2.50 bits per heavy atom. The van der Waals surface area contributed by atoms with Crippen LogP contribution in [0.2, 0.25) is 0 Å². The van der Waals surface area contributed by atoms with Crippen molar-refractivity contribution in [3.8, 4) is 0 Å². The van der Waals surface area contributed by atoms with E-state index in [4.69, 9.17) is 4.74 Å². The summed E-state index contributed by atoms with van der Waals surface area (Å²) in [5.74, 6) is -0.456. The summed E-state index contributed by atoms with van der Waals surface area (Å²) in [6, 6.07) is 24.3. The van der Waals surface area contributed by atoms with Gasteiger partial charge in [-0.15, -0.1) is 5.10 Å². The quantitative estimate of drug-likeness (QED) is 0.329. The summed E-state index contributed by atoms with van der Waals surface area (Å²) in [6.07, 6.45) is 0.610. The average Bonchev–Trinajstić information content (AvgIpc) is 3.30. The van der Waals surface area contributed by atoms with E-state index in [2.05, 4.69) is 15.6 Å². The van der Waals surface area contributed by atoms with Gasteiger partial charge in [0.25, 0.3) is 0 Å². The third-order valence-corrected chi connectivity index (χ3v) is 6.16. The molecule has 1 unspecified atom stereocenters. The van der Waals surface area contributed by atoms with Crippen molar-refractivity contribution >= 4 is 22.8 Å². The molecule has 0 bridgehead atoms. The van der Waals surface area contributed by atoms with Gasteiger partial charge < -0.3 is 15.0 Å². The topological polar surface area (TPSA) is 89.4 Å². The predicted octanol–water partition coefficient (Wildman–Crippen LogP) is 3.31. The van der Waals surface area contributed by atoms with E-state index in [-0.39, 0.29) is 18.4 Å². The van der Waals surface area contributed by atoms with Crippen LogP contribution < -0.4 is 5.32 Å². The molecule has 1 N–H and O–H groups in total. The molecule has 1 heterocycles. The van der Waals surface area contributed by atoms with Gasteiger partial charge >= 0.3 is 0 Å². The van der Waals surface area contributed by atoms with E-state index >= 15 is 0 Å². The van der Waals surface area contributed by atoms with Crippen molar-refractivity contribution in [3.05, 3.63) is 95.6 Å². The molecule has 1 aromatic heterocycles.